The zero-order valence-electron chi connectivity index (χ0n) is 6.20. The molecule has 11 heavy (non-hydrogen) atoms. The Morgan fingerprint density at radius 1 is 1.91 bits per heavy atom. The van der Waals surface area contributed by atoms with Gasteiger partial charge in [-0.1, -0.05) is 0 Å². The lowest BCUT2D eigenvalue weighted by atomic mass is 10.2. The molecule has 0 aliphatic carbocycles. The lowest BCUT2D eigenvalue weighted by Crippen LogP contribution is -2.05. The van der Waals surface area contributed by atoms with Gasteiger partial charge in [0.15, 0.2) is 0 Å². The summed E-state index contributed by atoms with van der Waals surface area (Å²) in [5.41, 5.74) is 0.847. The number of rotatable bonds is 3. The van der Waals surface area contributed by atoms with Crippen molar-refractivity contribution in [2.75, 3.05) is 0 Å². The van der Waals surface area contributed by atoms with Crippen molar-refractivity contribution in [2.24, 2.45) is 7.05 Å². The molecule has 0 aliphatic rings. The number of nitrogens with zero attached hydrogens (tertiary/aromatic N) is 2. The molecule has 0 amide bonds. The molecule has 1 unspecified atom stereocenters. The van der Waals surface area contributed by atoms with E-state index in [1.165, 1.54) is 0 Å². The molecular formula is C7H9ClN2O. The molecule has 60 valence electrons. The minimum Gasteiger partial charge on any atom is -0.302 e. The molecule has 0 radical (unpaired) electrons. The van der Waals surface area contributed by atoms with Crippen LogP contribution in [-0.4, -0.2) is 21.4 Å². The van der Waals surface area contributed by atoms with Crippen LogP contribution in [0.1, 0.15) is 5.69 Å². The molecule has 0 saturated carbocycles. The van der Waals surface area contributed by atoms with Crippen molar-refractivity contribution in [3.8, 4) is 0 Å². The normalized spacial score (nSPS) is 12.9. The Hall–Kier alpha value is -0.830. The fraction of sp³-hybridized carbons (Fsp3) is 0.429. The molecule has 0 saturated heterocycles. The van der Waals surface area contributed by atoms with Crippen LogP contribution in [0.2, 0.25) is 0 Å². The van der Waals surface area contributed by atoms with Gasteiger partial charge in [-0.3, -0.25) is 4.68 Å². The van der Waals surface area contributed by atoms with Crippen LogP contribution in [0.25, 0.3) is 0 Å². The summed E-state index contributed by atoms with van der Waals surface area (Å²) in [6.07, 6.45) is 3.05. The van der Waals surface area contributed by atoms with Gasteiger partial charge in [-0.2, -0.15) is 5.10 Å². The van der Waals surface area contributed by atoms with Gasteiger partial charge in [-0.25, -0.2) is 0 Å². The standard InChI is InChI=1S/C7H9ClN2O/c1-10-3-2-7(9-10)4-6(8)5-11/h2-3,5-6H,4H2,1H3. The smallest absolute Gasteiger partial charge is 0.138 e. The average Bonchev–Trinajstić information content (AvgIpc) is 2.35. The number of hydrogen-bond acceptors (Lipinski definition) is 2. The molecular weight excluding hydrogens is 164 g/mol. The number of aldehydes is 1. The summed E-state index contributed by atoms with van der Waals surface area (Å²) in [6, 6.07) is 1.85. The Balaban J connectivity index is 2.57. The van der Waals surface area contributed by atoms with Crippen molar-refractivity contribution in [2.45, 2.75) is 11.8 Å². The highest BCUT2D eigenvalue weighted by Crippen LogP contribution is 2.02. The number of aromatic nitrogens is 2. The molecule has 1 heterocycles. The molecule has 0 aliphatic heterocycles. The van der Waals surface area contributed by atoms with Gasteiger partial charge in [0.1, 0.15) is 6.29 Å². The van der Waals surface area contributed by atoms with Gasteiger partial charge in [0.05, 0.1) is 11.1 Å². The van der Waals surface area contributed by atoms with E-state index in [0.717, 1.165) is 12.0 Å². The van der Waals surface area contributed by atoms with Gasteiger partial charge >= 0.3 is 0 Å². The number of carbonyl (C=O) groups is 1. The van der Waals surface area contributed by atoms with Crippen LogP contribution in [0.5, 0.6) is 0 Å². The monoisotopic (exact) mass is 172 g/mol. The van der Waals surface area contributed by atoms with Crippen molar-refractivity contribution < 1.29 is 4.79 Å². The minimum atomic E-state index is -0.454. The van der Waals surface area contributed by atoms with E-state index in [4.69, 9.17) is 11.6 Å². The highest BCUT2D eigenvalue weighted by Gasteiger charge is 2.05. The number of alkyl halides is 1. The quantitative estimate of drug-likeness (QED) is 0.499. The molecule has 0 aromatic carbocycles. The van der Waals surface area contributed by atoms with E-state index in [0.29, 0.717) is 6.42 Å². The van der Waals surface area contributed by atoms with Gasteiger partial charge in [0.25, 0.3) is 0 Å². The minimum absolute atomic E-state index is 0.454. The number of aryl methyl sites for hydroxylation is 1. The molecule has 1 rings (SSSR count). The van der Waals surface area contributed by atoms with Crippen molar-refractivity contribution >= 4 is 17.9 Å². The predicted octanol–water partition coefficient (Wildman–Crippen LogP) is 0.769. The lowest BCUT2D eigenvalue weighted by Gasteiger charge is -1.95. The van der Waals surface area contributed by atoms with Crippen molar-refractivity contribution in [3.05, 3.63) is 18.0 Å². The van der Waals surface area contributed by atoms with E-state index in [9.17, 15) is 4.79 Å². The first-order valence-electron chi connectivity index (χ1n) is 3.30. The first-order chi connectivity index (χ1) is 5.22. The second-order valence-electron chi connectivity index (χ2n) is 2.34. The molecule has 1 atom stereocenters. The second kappa shape index (κ2) is 3.53. The molecule has 0 spiro atoms. The highest BCUT2D eigenvalue weighted by molar-refractivity contribution is 6.27. The molecule has 1 aromatic heterocycles. The summed E-state index contributed by atoms with van der Waals surface area (Å²) < 4.78 is 1.68. The summed E-state index contributed by atoms with van der Waals surface area (Å²) in [6.45, 7) is 0. The summed E-state index contributed by atoms with van der Waals surface area (Å²) in [4.78, 5) is 10.1. The van der Waals surface area contributed by atoms with E-state index in [2.05, 4.69) is 5.10 Å². The third-order valence-electron chi connectivity index (χ3n) is 1.32. The topological polar surface area (TPSA) is 34.9 Å². The van der Waals surface area contributed by atoms with Gasteiger partial charge in [-0.05, 0) is 6.07 Å². The van der Waals surface area contributed by atoms with Crippen molar-refractivity contribution in [3.63, 3.8) is 0 Å². The van der Waals surface area contributed by atoms with E-state index >= 15 is 0 Å². The van der Waals surface area contributed by atoms with E-state index in [-0.39, 0.29) is 0 Å². The van der Waals surface area contributed by atoms with E-state index < -0.39 is 5.38 Å². The summed E-state index contributed by atoms with van der Waals surface area (Å²) in [5.74, 6) is 0. The van der Waals surface area contributed by atoms with Crippen LogP contribution in [0.15, 0.2) is 12.3 Å². The molecule has 0 fully saturated rings. The first kappa shape index (κ1) is 8.27. The number of hydrogen-bond donors (Lipinski definition) is 0. The summed E-state index contributed by atoms with van der Waals surface area (Å²) >= 11 is 5.59. The summed E-state index contributed by atoms with van der Waals surface area (Å²) in [7, 11) is 1.83. The van der Waals surface area contributed by atoms with Gasteiger partial charge in [-0.15, -0.1) is 11.6 Å². The predicted molar refractivity (Wildman–Crippen MR) is 42.6 cm³/mol. The Labute approximate surface area is 70.0 Å². The van der Waals surface area contributed by atoms with Crippen molar-refractivity contribution in [1.82, 2.24) is 9.78 Å². The van der Waals surface area contributed by atoms with Gasteiger partial charge in [0.2, 0.25) is 0 Å². The van der Waals surface area contributed by atoms with Crippen LogP contribution < -0.4 is 0 Å². The first-order valence-corrected chi connectivity index (χ1v) is 3.74. The molecule has 1 aromatic rings. The molecule has 4 heteroatoms. The Kier molecular flexibility index (Phi) is 2.65. The van der Waals surface area contributed by atoms with Crippen LogP contribution in [0.4, 0.5) is 0 Å². The van der Waals surface area contributed by atoms with E-state index in [1.807, 2.05) is 19.3 Å². The maximum Gasteiger partial charge on any atom is 0.138 e. The zero-order chi connectivity index (χ0) is 8.27. The highest BCUT2D eigenvalue weighted by atomic mass is 35.5. The third kappa shape index (κ3) is 2.35. The Morgan fingerprint density at radius 3 is 3.09 bits per heavy atom. The fourth-order valence-electron chi connectivity index (χ4n) is 0.820. The molecule has 0 bridgehead atoms. The van der Waals surface area contributed by atoms with Crippen LogP contribution in [0, 0.1) is 0 Å². The van der Waals surface area contributed by atoms with Gasteiger partial charge < -0.3 is 4.79 Å². The zero-order valence-corrected chi connectivity index (χ0v) is 6.95. The molecule has 0 N–H and O–H groups in total. The maximum atomic E-state index is 10.1. The maximum absolute atomic E-state index is 10.1. The number of halogens is 1. The van der Waals surface area contributed by atoms with Crippen LogP contribution in [0.3, 0.4) is 0 Å². The average molecular weight is 173 g/mol. The second-order valence-corrected chi connectivity index (χ2v) is 2.90. The van der Waals surface area contributed by atoms with Crippen LogP contribution in [-0.2, 0) is 18.3 Å². The fourth-order valence-corrected chi connectivity index (χ4v) is 0.978. The largest absolute Gasteiger partial charge is 0.302 e. The van der Waals surface area contributed by atoms with Gasteiger partial charge in [0, 0.05) is 19.7 Å². The number of carbonyl (C=O) groups excluding carboxylic acids is 1. The van der Waals surface area contributed by atoms with Crippen molar-refractivity contribution in [1.29, 1.82) is 0 Å². The summed E-state index contributed by atoms with van der Waals surface area (Å²) in [5, 5.41) is 3.62. The SMILES string of the molecule is Cn1ccc(CC(Cl)C=O)n1. The Bertz CT molecular complexity index is 246. The lowest BCUT2D eigenvalue weighted by molar-refractivity contribution is -0.107. The van der Waals surface area contributed by atoms with E-state index in [1.54, 1.807) is 4.68 Å². The Morgan fingerprint density at radius 2 is 2.64 bits per heavy atom. The van der Waals surface area contributed by atoms with Crippen LogP contribution >= 0.6 is 11.6 Å². The third-order valence-corrected chi connectivity index (χ3v) is 1.58. The molecule has 3 nitrogen and oxygen atoms in total.